The molecule has 2 heterocycles. The molecular formula is C23H17ClF6N4O2. The van der Waals surface area contributed by atoms with Gasteiger partial charge in [-0.25, -0.2) is 9.97 Å². The van der Waals surface area contributed by atoms with Crippen molar-refractivity contribution in [2.45, 2.75) is 30.4 Å². The number of hydrogen-bond donors (Lipinski definition) is 1. The third-order valence-electron chi connectivity index (χ3n) is 5.69. The fourth-order valence-corrected chi connectivity index (χ4v) is 4.03. The first-order valence-corrected chi connectivity index (χ1v) is 10.7. The largest absolute Gasteiger partial charge is 0.467 e. The fraction of sp³-hybridized carbons (Fsp3) is 0.261. The number of hydrazone groups is 1. The van der Waals surface area contributed by atoms with Crippen molar-refractivity contribution in [3.63, 3.8) is 0 Å². The summed E-state index contributed by atoms with van der Waals surface area (Å²) in [6, 6.07) is 11.2. The molecule has 36 heavy (non-hydrogen) atoms. The van der Waals surface area contributed by atoms with E-state index in [2.05, 4.69) is 15.1 Å². The summed E-state index contributed by atoms with van der Waals surface area (Å²) in [7, 11) is 1.41. The number of aromatic nitrogens is 2. The SMILES string of the molecule is COc1ncc(-c2ccc(C3CC(C(O)(C(F)(F)F)C(F)(F)F)=NN3c3ccccc3Cl)cc2)cn1. The first-order valence-electron chi connectivity index (χ1n) is 10.3. The Balaban J connectivity index is 1.76. The highest BCUT2D eigenvalue weighted by molar-refractivity contribution is 6.33. The van der Waals surface area contributed by atoms with E-state index in [-0.39, 0.29) is 16.7 Å². The van der Waals surface area contributed by atoms with Gasteiger partial charge in [0.1, 0.15) is 0 Å². The molecule has 1 aromatic heterocycles. The quantitative estimate of drug-likeness (QED) is 0.412. The van der Waals surface area contributed by atoms with E-state index in [0.717, 1.165) is 5.01 Å². The molecule has 1 aliphatic rings. The molecule has 4 rings (SSSR count). The molecule has 0 saturated carbocycles. The average molecular weight is 531 g/mol. The summed E-state index contributed by atoms with van der Waals surface area (Å²) in [5, 5.41) is 14.6. The first kappa shape index (κ1) is 25.7. The van der Waals surface area contributed by atoms with Gasteiger partial charge in [-0.2, -0.15) is 31.4 Å². The van der Waals surface area contributed by atoms with Crippen molar-refractivity contribution in [3.8, 4) is 17.1 Å². The van der Waals surface area contributed by atoms with Crippen LogP contribution < -0.4 is 9.75 Å². The molecule has 0 saturated heterocycles. The molecule has 3 aromatic rings. The molecule has 1 unspecified atom stereocenters. The van der Waals surface area contributed by atoms with Gasteiger partial charge in [0.2, 0.25) is 0 Å². The first-order chi connectivity index (χ1) is 16.9. The molecule has 0 bridgehead atoms. The molecule has 1 N–H and O–H groups in total. The van der Waals surface area contributed by atoms with Crippen LogP contribution in [0.2, 0.25) is 5.02 Å². The summed E-state index contributed by atoms with van der Waals surface area (Å²) in [4.78, 5) is 8.00. The number of halogens is 7. The second kappa shape index (κ2) is 9.25. The predicted octanol–water partition coefficient (Wildman–Crippen LogP) is 5.97. The number of ether oxygens (including phenoxy) is 1. The maximum Gasteiger partial charge on any atom is 0.431 e. The number of hydrogen-bond acceptors (Lipinski definition) is 6. The highest BCUT2D eigenvalue weighted by atomic mass is 35.5. The van der Waals surface area contributed by atoms with E-state index < -0.39 is 36.1 Å². The van der Waals surface area contributed by atoms with Crippen LogP contribution in [-0.4, -0.2) is 45.8 Å². The van der Waals surface area contributed by atoms with Gasteiger partial charge in [-0.05, 0) is 23.3 Å². The molecular weight excluding hydrogens is 514 g/mol. The molecule has 190 valence electrons. The van der Waals surface area contributed by atoms with Gasteiger partial charge in [-0.15, -0.1) is 0 Å². The summed E-state index contributed by atoms with van der Waals surface area (Å²) < 4.78 is 86.3. The van der Waals surface area contributed by atoms with Crippen LogP contribution in [0.3, 0.4) is 0 Å². The summed E-state index contributed by atoms with van der Waals surface area (Å²) in [6.07, 6.45) is -9.96. The van der Waals surface area contributed by atoms with Crippen LogP contribution in [-0.2, 0) is 0 Å². The zero-order valence-corrected chi connectivity index (χ0v) is 19.1. The molecule has 2 aromatic carbocycles. The van der Waals surface area contributed by atoms with E-state index in [9.17, 15) is 31.4 Å². The Labute approximate surface area is 205 Å². The van der Waals surface area contributed by atoms with Crippen molar-refractivity contribution < 1.29 is 36.2 Å². The predicted molar refractivity (Wildman–Crippen MR) is 120 cm³/mol. The van der Waals surface area contributed by atoms with Gasteiger partial charge in [0.25, 0.3) is 5.60 Å². The fourth-order valence-electron chi connectivity index (χ4n) is 3.80. The Kier molecular flexibility index (Phi) is 6.60. The Morgan fingerprint density at radius 1 is 0.917 bits per heavy atom. The number of alkyl halides is 6. The average Bonchev–Trinajstić information content (AvgIpc) is 3.28. The monoisotopic (exact) mass is 530 g/mol. The van der Waals surface area contributed by atoms with Crippen LogP contribution in [0, 0.1) is 0 Å². The standard InChI is InChI=1S/C23H17ClF6N4O2/c1-36-20-31-11-15(12-32-20)13-6-8-14(9-7-13)18-10-19(21(35,22(25,26)27)23(28,29)30)33-34(18)17-5-3-2-4-16(17)24/h2-9,11-12,18,35H,10H2,1H3. The summed E-state index contributed by atoms with van der Waals surface area (Å²) in [5.41, 5.74) is -4.93. The molecule has 13 heteroatoms. The van der Waals surface area contributed by atoms with Gasteiger partial charge < -0.3 is 9.84 Å². The lowest BCUT2D eigenvalue weighted by Gasteiger charge is -2.32. The summed E-state index contributed by atoms with van der Waals surface area (Å²) >= 11 is 6.19. The summed E-state index contributed by atoms with van der Waals surface area (Å²) in [5.74, 6) is 0. The van der Waals surface area contributed by atoms with Crippen molar-refractivity contribution in [2.24, 2.45) is 5.10 Å². The van der Waals surface area contributed by atoms with E-state index in [0.29, 0.717) is 16.7 Å². The van der Waals surface area contributed by atoms with Gasteiger partial charge in [0, 0.05) is 24.4 Å². The molecule has 1 aliphatic heterocycles. The molecule has 6 nitrogen and oxygen atoms in total. The van der Waals surface area contributed by atoms with Crippen LogP contribution in [0.5, 0.6) is 6.01 Å². The van der Waals surface area contributed by atoms with Crippen molar-refractivity contribution in [3.05, 3.63) is 71.5 Å². The third-order valence-corrected chi connectivity index (χ3v) is 6.01. The minimum Gasteiger partial charge on any atom is -0.467 e. The molecule has 0 aliphatic carbocycles. The number of rotatable bonds is 5. The van der Waals surface area contributed by atoms with Gasteiger partial charge >= 0.3 is 18.4 Å². The maximum atomic E-state index is 13.6. The zero-order valence-electron chi connectivity index (χ0n) is 18.3. The number of para-hydroxylation sites is 1. The highest BCUT2D eigenvalue weighted by Crippen LogP contribution is 2.49. The van der Waals surface area contributed by atoms with Gasteiger partial charge in [0.05, 0.1) is 29.6 Å². The smallest absolute Gasteiger partial charge is 0.431 e. The minimum absolute atomic E-state index is 0.0575. The minimum atomic E-state index is -6.05. The van der Waals surface area contributed by atoms with E-state index in [1.54, 1.807) is 18.2 Å². The van der Waals surface area contributed by atoms with E-state index in [1.165, 1.54) is 49.8 Å². The molecule has 0 radical (unpaired) electrons. The lowest BCUT2D eigenvalue weighted by atomic mass is 9.89. The van der Waals surface area contributed by atoms with Crippen LogP contribution in [0.1, 0.15) is 18.0 Å². The Bertz CT molecular complexity index is 1250. The second-order valence-corrected chi connectivity index (χ2v) is 8.26. The second-order valence-electron chi connectivity index (χ2n) is 7.85. The Hall–Kier alpha value is -3.38. The summed E-state index contributed by atoms with van der Waals surface area (Å²) in [6.45, 7) is 0. The van der Waals surface area contributed by atoms with Gasteiger partial charge in [-0.3, -0.25) is 5.01 Å². The van der Waals surface area contributed by atoms with Gasteiger partial charge in [-0.1, -0.05) is 48.0 Å². The molecule has 0 spiro atoms. The van der Waals surface area contributed by atoms with Crippen molar-refractivity contribution in [1.29, 1.82) is 0 Å². The number of aliphatic hydroxyl groups is 1. The normalized spacial score (nSPS) is 16.8. The van der Waals surface area contributed by atoms with Crippen molar-refractivity contribution >= 4 is 23.0 Å². The van der Waals surface area contributed by atoms with Crippen molar-refractivity contribution in [2.75, 3.05) is 12.1 Å². The Morgan fingerprint density at radius 2 is 1.50 bits per heavy atom. The van der Waals surface area contributed by atoms with Crippen molar-refractivity contribution in [1.82, 2.24) is 9.97 Å². The van der Waals surface area contributed by atoms with Crippen LogP contribution in [0.4, 0.5) is 32.0 Å². The lowest BCUT2D eigenvalue weighted by molar-refractivity contribution is -0.338. The highest BCUT2D eigenvalue weighted by Gasteiger charge is 2.74. The van der Waals surface area contributed by atoms with Crippen LogP contribution >= 0.6 is 11.6 Å². The van der Waals surface area contributed by atoms with E-state index in [4.69, 9.17) is 16.3 Å². The number of benzene rings is 2. The maximum absolute atomic E-state index is 13.6. The van der Waals surface area contributed by atoms with Crippen LogP contribution in [0.15, 0.2) is 66.0 Å². The number of anilines is 1. The van der Waals surface area contributed by atoms with E-state index >= 15 is 0 Å². The number of nitrogens with zero attached hydrogens (tertiary/aromatic N) is 4. The van der Waals surface area contributed by atoms with Crippen LogP contribution in [0.25, 0.3) is 11.1 Å². The lowest BCUT2D eigenvalue weighted by Crippen LogP contribution is -2.62. The molecule has 1 atom stereocenters. The topological polar surface area (TPSA) is 70.8 Å². The molecule has 0 amide bonds. The number of methoxy groups -OCH3 is 1. The Morgan fingerprint density at radius 3 is 2.03 bits per heavy atom. The molecule has 0 fully saturated rings. The zero-order chi connectivity index (χ0) is 26.3. The van der Waals surface area contributed by atoms with E-state index in [1.807, 2.05) is 0 Å². The third kappa shape index (κ3) is 4.46. The van der Waals surface area contributed by atoms with Gasteiger partial charge in [0.15, 0.2) is 0 Å².